The van der Waals surface area contributed by atoms with E-state index >= 15 is 0 Å². The van der Waals surface area contributed by atoms with Gasteiger partial charge in [-0.3, -0.25) is 4.79 Å². The third-order valence-corrected chi connectivity index (χ3v) is 5.96. The van der Waals surface area contributed by atoms with Crippen molar-refractivity contribution in [1.82, 2.24) is 0 Å². The van der Waals surface area contributed by atoms with Gasteiger partial charge in [-0.15, -0.1) is 11.3 Å². The van der Waals surface area contributed by atoms with E-state index in [9.17, 15) is 13.2 Å². The minimum Gasteiger partial charge on any atom is -0.321 e. The lowest BCUT2D eigenvalue weighted by Crippen LogP contribution is -2.12. The molecule has 0 aliphatic carbocycles. The van der Waals surface area contributed by atoms with Crippen molar-refractivity contribution in [3.05, 3.63) is 45.3 Å². The summed E-state index contributed by atoms with van der Waals surface area (Å²) in [5, 5.41) is 8.34. The minimum absolute atomic E-state index is 0.0343. The molecule has 0 radical (unpaired) electrons. The Bertz CT molecular complexity index is 813. The molecule has 0 aliphatic heterocycles. The van der Waals surface area contributed by atoms with Crippen LogP contribution < -0.4 is 10.5 Å². The number of carbonyl (C=O) groups is 1. The van der Waals surface area contributed by atoms with Crippen LogP contribution in [0.25, 0.3) is 0 Å². The molecule has 2 aromatic rings. The van der Waals surface area contributed by atoms with Gasteiger partial charge in [0.2, 0.25) is 10.0 Å². The van der Waals surface area contributed by atoms with Crippen LogP contribution >= 0.6 is 22.9 Å². The fourth-order valence-electron chi connectivity index (χ4n) is 1.74. The highest BCUT2D eigenvalue weighted by Gasteiger charge is 2.19. The van der Waals surface area contributed by atoms with E-state index in [2.05, 4.69) is 5.32 Å². The first-order valence-electron chi connectivity index (χ1n) is 5.90. The van der Waals surface area contributed by atoms with Crippen LogP contribution in [-0.4, -0.2) is 14.3 Å². The summed E-state index contributed by atoms with van der Waals surface area (Å²) in [6.07, 6.45) is 0. The smallest absolute Gasteiger partial charge is 0.266 e. The lowest BCUT2D eigenvalue weighted by Gasteiger charge is -2.08. The average Bonchev–Trinajstić information content (AvgIpc) is 2.77. The van der Waals surface area contributed by atoms with E-state index in [0.717, 1.165) is 16.9 Å². The topological polar surface area (TPSA) is 89.3 Å². The Morgan fingerprint density at radius 2 is 2.00 bits per heavy atom. The molecule has 2 rings (SSSR count). The van der Waals surface area contributed by atoms with Crippen LogP contribution in [0.15, 0.2) is 28.5 Å². The number of hydrogen-bond acceptors (Lipinski definition) is 4. The van der Waals surface area contributed by atoms with Gasteiger partial charge in [-0.05, 0) is 43.2 Å². The Hall–Kier alpha value is -1.41. The maximum atomic E-state index is 12.3. The van der Waals surface area contributed by atoms with Gasteiger partial charge in [0.25, 0.3) is 5.91 Å². The first-order valence-corrected chi connectivity index (χ1v) is 8.64. The van der Waals surface area contributed by atoms with Gasteiger partial charge >= 0.3 is 0 Å². The van der Waals surface area contributed by atoms with E-state index in [1.165, 1.54) is 6.07 Å². The standard InChI is InChI=1S/C13H13ClN2O3S2/c1-7-6-11(21(15,18)19)20-12(7)13(17)16-10-5-3-4-9(14)8(10)2/h3-6H,1-2H3,(H,16,17)(H2,15,18,19). The van der Waals surface area contributed by atoms with Crippen LogP contribution in [0, 0.1) is 13.8 Å². The number of hydrogen-bond donors (Lipinski definition) is 2. The van der Waals surface area contributed by atoms with E-state index in [0.29, 0.717) is 21.2 Å². The number of benzene rings is 1. The highest BCUT2D eigenvalue weighted by molar-refractivity contribution is 7.91. The van der Waals surface area contributed by atoms with Crippen LogP contribution in [0.2, 0.25) is 5.02 Å². The number of aryl methyl sites for hydroxylation is 1. The van der Waals surface area contributed by atoms with Gasteiger partial charge < -0.3 is 5.32 Å². The highest BCUT2D eigenvalue weighted by atomic mass is 35.5. The predicted octanol–water partition coefficient (Wildman–Crippen LogP) is 2.92. The second kappa shape index (κ2) is 5.76. The zero-order chi connectivity index (χ0) is 15.8. The van der Waals surface area contributed by atoms with Gasteiger partial charge in [-0.2, -0.15) is 0 Å². The zero-order valence-corrected chi connectivity index (χ0v) is 13.7. The lowest BCUT2D eigenvalue weighted by atomic mass is 10.2. The monoisotopic (exact) mass is 344 g/mol. The predicted molar refractivity (Wildman–Crippen MR) is 84.6 cm³/mol. The summed E-state index contributed by atoms with van der Waals surface area (Å²) in [6.45, 7) is 3.44. The number of rotatable bonds is 3. The fourth-order valence-corrected chi connectivity index (χ4v) is 3.77. The summed E-state index contributed by atoms with van der Waals surface area (Å²) in [5.41, 5.74) is 1.88. The summed E-state index contributed by atoms with van der Waals surface area (Å²) >= 11 is 6.84. The Labute approximate surface area is 131 Å². The van der Waals surface area contributed by atoms with Crippen LogP contribution in [0.4, 0.5) is 5.69 Å². The molecule has 0 aliphatic rings. The molecule has 0 unspecified atom stereocenters. The average molecular weight is 345 g/mol. The number of anilines is 1. The Kier molecular flexibility index (Phi) is 4.38. The van der Waals surface area contributed by atoms with E-state index in [-0.39, 0.29) is 4.21 Å². The molecule has 1 heterocycles. The van der Waals surface area contributed by atoms with Crippen molar-refractivity contribution < 1.29 is 13.2 Å². The Morgan fingerprint density at radius 3 is 2.57 bits per heavy atom. The molecular formula is C13H13ClN2O3S2. The molecule has 0 spiro atoms. The highest BCUT2D eigenvalue weighted by Crippen LogP contribution is 2.28. The number of sulfonamides is 1. The van der Waals surface area contributed by atoms with E-state index in [1.54, 1.807) is 32.0 Å². The number of thiophene rings is 1. The summed E-state index contributed by atoms with van der Waals surface area (Å²) in [4.78, 5) is 12.6. The maximum absolute atomic E-state index is 12.3. The second-order valence-corrected chi connectivity index (χ2v) is 7.74. The van der Waals surface area contributed by atoms with Crippen molar-refractivity contribution in [3.63, 3.8) is 0 Å². The molecule has 3 N–H and O–H groups in total. The fraction of sp³-hybridized carbons (Fsp3) is 0.154. The van der Waals surface area contributed by atoms with Crippen LogP contribution in [0.5, 0.6) is 0 Å². The van der Waals surface area contributed by atoms with E-state index in [1.807, 2.05) is 0 Å². The molecule has 1 aromatic heterocycles. The van der Waals surface area contributed by atoms with Gasteiger partial charge in [0.05, 0.1) is 4.88 Å². The van der Waals surface area contributed by atoms with E-state index in [4.69, 9.17) is 16.7 Å². The number of carbonyl (C=O) groups excluding carboxylic acids is 1. The molecule has 8 heteroatoms. The third-order valence-electron chi connectivity index (χ3n) is 2.90. The number of nitrogens with two attached hydrogens (primary N) is 1. The molecule has 0 saturated carbocycles. The molecule has 0 atom stereocenters. The summed E-state index contributed by atoms with van der Waals surface area (Å²) in [6, 6.07) is 6.56. The molecule has 0 fully saturated rings. The number of halogens is 1. The first kappa shape index (κ1) is 16.0. The van der Waals surface area contributed by atoms with Gasteiger partial charge in [-0.1, -0.05) is 17.7 Å². The normalized spacial score (nSPS) is 11.4. The molecule has 1 amide bonds. The lowest BCUT2D eigenvalue weighted by molar-refractivity contribution is 0.103. The summed E-state index contributed by atoms with van der Waals surface area (Å²) in [5.74, 6) is -0.391. The molecule has 1 aromatic carbocycles. The van der Waals surface area contributed by atoms with Crippen molar-refractivity contribution in [2.75, 3.05) is 5.32 Å². The molecule has 112 valence electrons. The second-order valence-electron chi connectivity index (χ2n) is 4.49. The van der Waals surface area contributed by atoms with Crippen LogP contribution in [0.3, 0.4) is 0 Å². The quantitative estimate of drug-likeness (QED) is 0.897. The van der Waals surface area contributed by atoms with Crippen molar-refractivity contribution in [3.8, 4) is 0 Å². The number of primary sulfonamides is 1. The van der Waals surface area contributed by atoms with Gasteiger partial charge in [0, 0.05) is 10.7 Å². The molecule has 0 saturated heterocycles. The summed E-state index contributed by atoms with van der Waals surface area (Å²) < 4.78 is 22.6. The zero-order valence-electron chi connectivity index (χ0n) is 11.3. The van der Waals surface area contributed by atoms with Gasteiger partial charge in [0.15, 0.2) is 0 Å². The van der Waals surface area contributed by atoms with Crippen LogP contribution in [-0.2, 0) is 10.0 Å². The molecule has 21 heavy (non-hydrogen) atoms. The van der Waals surface area contributed by atoms with Gasteiger partial charge in [0.1, 0.15) is 4.21 Å². The van der Waals surface area contributed by atoms with Crippen LogP contribution in [0.1, 0.15) is 20.8 Å². The third kappa shape index (κ3) is 3.44. The number of nitrogens with one attached hydrogen (secondary N) is 1. The van der Waals surface area contributed by atoms with Gasteiger partial charge in [-0.25, -0.2) is 13.6 Å². The molecule has 0 bridgehead atoms. The number of amides is 1. The molecule has 5 nitrogen and oxygen atoms in total. The SMILES string of the molecule is Cc1cc(S(N)(=O)=O)sc1C(=O)Nc1cccc(Cl)c1C. The Balaban J connectivity index is 2.33. The minimum atomic E-state index is -3.81. The van der Waals surface area contributed by atoms with E-state index < -0.39 is 15.9 Å². The first-order chi connectivity index (χ1) is 9.70. The summed E-state index contributed by atoms with van der Waals surface area (Å²) in [7, 11) is -3.81. The maximum Gasteiger partial charge on any atom is 0.266 e. The Morgan fingerprint density at radius 1 is 1.33 bits per heavy atom. The molecular weight excluding hydrogens is 332 g/mol. The van der Waals surface area contributed by atoms with Crippen molar-refractivity contribution in [2.24, 2.45) is 5.14 Å². The van der Waals surface area contributed by atoms with Crippen molar-refractivity contribution >= 4 is 44.6 Å². The van der Waals surface area contributed by atoms with Crippen molar-refractivity contribution in [2.45, 2.75) is 18.1 Å². The van der Waals surface area contributed by atoms with Crippen molar-refractivity contribution in [1.29, 1.82) is 0 Å². The largest absolute Gasteiger partial charge is 0.321 e.